The molecular formula is C15H25N3O. The van der Waals surface area contributed by atoms with Gasteiger partial charge in [-0.1, -0.05) is 6.92 Å². The fourth-order valence-electron chi connectivity index (χ4n) is 3.99. The molecule has 0 spiro atoms. The van der Waals surface area contributed by atoms with E-state index in [0.717, 1.165) is 18.2 Å². The number of nitrogens with one attached hydrogen (secondary N) is 1. The predicted octanol–water partition coefficient (Wildman–Crippen LogP) is 2.65. The molecule has 1 aromatic heterocycles. The lowest BCUT2D eigenvalue weighted by Crippen LogP contribution is -2.49. The molecule has 4 nitrogen and oxygen atoms in total. The first-order chi connectivity index (χ1) is 9.19. The van der Waals surface area contributed by atoms with Crippen molar-refractivity contribution in [1.29, 1.82) is 0 Å². The third kappa shape index (κ3) is 2.43. The average molecular weight is 263 g/mol. The van der Waals surface area contributed by atoms with Gasteiger partial charge in [-0.05, 0) is 46.1 Å². The molecule has 2 aliphatic heterocycles. The monoisotopic (exact) mass is 263 g/mol. The number of fused-ring (bicyclic) bond motifs is 2. The molecule has 2 saturated heterocycles. The molecule has 2 fully saturated rings. The Morgan fingerprint density at radius 2 is 2.11 bits per heavy atom. The Morgan fingerprint density at radius 3 is 2.63 bits per heavy atom. The first kappa shape index (κ1) is 13.1. The van der Waals surface area contributed by atoms with E-state index >= 15 is 0 Å². The largest absolute Gasteiger partial charge is 0.444 e. The summed E-state index contributed by atoms with van der Waals surface area (Å²) in [6.07, 6.45) is 7.04. The van der Waals surface area contributed by atoms with Gasteiger partial charge in [-0.3, -0.25) is 4.90 Å². The molecule has 4 heteroatoms. The van der Waals surface area contributed by atoms with Crippen LogP contribution < -0.4 is 5.32 Å². The molecule has 3 heterocycles. The summed E-state index contributed by atoms with van der Waals surface area (Å²) in [6.45, 7) is 7.49. The van der Waals surface area contributed by atoms with Crippen molar-refractivity contribution < 1.29 is 4.42 Å². The third-order valence-corrected chi connectivity index (χ3v) is 4.73. The topological polar surface area (TPSA) is 41.3 Å². The van der Waals surface area contributed by atoms with Crippen LogP contribution in [0.5, 0.6) is 0 Å². The maximum Gasteiger partial charge on any atom is 0.211 e. The van der Waals surface area contributed by atoms with E-state index in [4.69, 9.17) is 4.42 Å². The molecule has 1 N–H and O–H groups in total. The summed E-state index contributed by atoms with van der Waals surface area (Å²) >= 11 is 0. The molecule has 3 unspecified atom stereocenters. The zero-order valence-corrected chi connectivity index (χ0v) is 12.2. The molecular weight excluding hydrogens is 238 g/mol. The molecule has 2 aliphatic rings. The number of nitrogens with zero attached hydrogens (tertiary/aromatic N) is 2. The summed E-state index contributed by atoms with van der Waals surface area (Å²) < 4.78 is 5.73. The Morgan fingerprint density at radius 1 is 1.42 bits per heavy atom. The molecule has 0 aliphatic carbocycles. The number of rotatable bonds is 4. The summed E-state index contributed by atoms with van der Waals surface area (Å²) in [5, 5.41) is 3.62. The maximum absolute atomic E-state index is 5.73. The van der Waals surface area contributed by atoms with Crippen molar-refractivity contribution >= 4 is 0 Å². The van der Waals surface area contributed by atoms with E-state index in [0.29, 0.717) is 24.2 Å². The van der Waals surface area contributed by atoms with E-state index in [9.17, 15) is 0 Å². The van der Waals surface area contributed by atoms with Gasteiger partial charge in [-0.2, -0.15) is 0 Å². The van der Waals surface area contributed by atoms with Crippen LogP contribution in [0.1, 0.15) is 57.2 Å². The lowest BCUT2D eigenvalue weighted by molar-refractivity contribution is 0.0647. The Labute approximate surface area is 115 Å². The number of piperidine rings is 1. The zero-order valence-electron chi connectivity index (χ0n) is 12.2. The summed E-state index contributed by atoms with van der Waals surface area (Å²) in [5.74, 6) is 1.80. The van der Waals surface area contributed by atoms with Gasteiger partial charge in [0.25, 0.3) is 0 Å². The van der Waals surface area contributed by atoms with Gasteiger partial charge >= 0.3 is 0 Å². The number of hydrogen-bond acceptors (Lipinski definition) is 4. The Kier molecular flexibility index (Phi) is 3.63. The summed E-state index contributed by atoms with van der Waals surface area (Å²) in [4.78, 5) is 7.07. The van der Waals surface area contributed by atoms with Gasteiger partial charge in [0, 0.05) is 18.1 Å². The second-order valence-electron chi connectivity index (χ2n) is 6.04. The summed E-state index contributed by atoms with van der Waals surface area (Å²) in [6, 6.07) is 2.42. The quantitative estimate of drug-likeness (QED) is 0.906. The van der Waals surface area contributed by atoms with Crippen molar-refractivity contribution in [3.8, 4) is 0 Å². The van der Waals surface area contributed by atoms with Crippen LogP contribution in [0.3, 0.4) is 0 Å². The average Bonchev–Trinajstić information content (AvgIpc) is 2.92. The molecule has 0 saturated carbocycles. The van der Waals surface area contributed by atoms with Gasteiger partial charge in [0.2, 0.25) is 5.89 Å². The molecule has 3 rings (SSSR count). The number of oxazole rings is 1. The van der Waals surface area contributed by atoms with Gasteiger partial charge in [0.1, 0.15) is 5.76 Å². The van der Waals surface area contributed by atoms with Crippen LogP contribution in [-0.4, -0.2) is 34.6 Å². The first-order valence-electron chi connectivity index (χ1n) is 7.62. The van der Waals surface area contributed by atoms with Gasteiger partial charge < -0.3 is 9.73 Å². The Hall–Kier alpha value is -0.870. The van der Waals surface area contributed by atoms with Crippen molar-refractivity contribution in [2.75, 3.05) is 6.54 Å². The highest BCUT2D eigenvalue weighted by atomic mass is 16.4. The van der Waals surface area contributed by atoms with Crippen molar-refractivity contribution in [2.24, 2.45) is 0 Å². The molecule has 106 valence electrons. The van der Waals surface area contributed by atoms with E-state index in [1.807, 2.05) is 13.1 Å². The van der Waals surface area contributed by atoms with Crippen LogP contribution in [-0.2, 0) is 0 Å². The second kappa shape index (κ2) is 5.25. The summed E-state index contributed by atoms with van der Waals surface area (Å²) in [7, 11) is 0. The maximum atomic E-state index is 5.73. The van der Waals surface area contributed by atoms with Crippen LogP contribution >= 0.6 is 0 Å². The Bertz CT molecular complexity index is 417. The smallest absolute Gasteiger partial charge is 0.211 e. The lowest BCUT2D eigenvalue weighted by atomic mass is 9.95. The van der Waals surface area contributed by atoms with E-state index < -0.39 is 0 Å². The fraction of sp³-hybridized carbons (Fsp3) is 0.800. The van der Waals surface area contributed by atoms with Crippen LogP contribution in [0.25, 0.3) is 0 Å². The van der Waals surface area contributed by atoms with Gasteiger partial charge in [-0.15, -0.1) is 0 Å². The number of aryl methyl sites for hydroxylation is 1. The second-order valence-corrected chi connectivity index (χ2v) is 6.04. The van der Waals surface area contributed by atoms with Crippen molar-refractivity contribution in [3.05, 3.63) is 17.8 Å². The fourth-order valence-corrected chi connectivity index (χ4v) is 3.99. The number of hydrogen-bond donors (Lipinski definition) is 1. The highest BCUT2D eigenvalue weighted by Gasteiger charge is 2.43. The number of aromatic nitrogens is 1. The lowest BCUT2D eigenvalue weighted by Gasteiger charge is -2.41. The van der Waals surface area contributed by atoms with Crippen molar-refractivity contribution in [3.63, 3.8) is 0 Å². The van der Waals surface area contributed by atoms with E-state index in [1.54, 1.807) is 0 Å². The molecule has 19 heavy (non-hydrogen) atoms. The Balaban J connectivity index is 1.73. The zero-order chi connectivity index (χ0) is 13.4. The standard InChI is InChI=1S/C15H25N3O/c1-4-16-12-7-13-5-6-14(8-12)18(13)11(3)15-17-9-10(2)19-15/h9,11-14,16H,4-8H2,1-3H3. The van der Waals surface area contributed by atoms with Gasteiger partial charge in [0.05, 0.1) is 12.2 Å². The minimum atomic E-state index is 0.314. The predicted molar refractivity (Wildman–Crippen MR) is 75.0 cm³/mol. The minimum absolute atomic E-state index is 0.314. The SMILES string of the molecule is CCNC1CC2CCC(C1)N2C(C)c1ncc(C)o1. The van der Waals surface area contributed by atoms with Crippen LogP contribution in [0.15, 0.2) is 10.6 Å². The highest BCUT2D eigenvalue weighted by Crippen LogP contribution is 2.41. The van der Waals surface area contributed by atoms with Crippen LogP contribution in [0.2, 0.25) is 0 Å². The van der Waals surface area contributed by atoms with E-state index in [2.05, 4.69) is 29.0 Å². The van der Waals surface area contributed by atoms with Gasteiger partial charge in [0.15, 0.2) is 0 Å². The molecule has 0 amide bonds. The normalized spacial score (nSPS) is 32.7. The minimum Gasteiger partial charge on any atom is -0.444 e. The first-order valence-corrected chi connectivity index (χ1v) is 7.62. The summed E-state index contributed by atoms with van der Waals surface area (Å²) in [5.41, 5.74) is 0. The van der Waals surface area contributed by atoms with Crippen molar-refractivity contribution in [2.45, 2.75) is 70.6 Å². The molecule has 1 aromatic rings. The highest BCUT2D eigenvalue weighted by molar-refractivity contribution is 5.04. The van der Waals surface area contributed by atoms with Crippen LogP contribution in [0, 0.1) is 6.92 Å². The van der Waals surface area contributed by atoms with Crippen LogP contribution in [0.4, 0.5) is 0 Å². The molecule has 3 atom stereocenters. The third-order valence-electron chi connectivity index (χ3n) is 4.73. The molecule has 0 radical (unpaired) electrons. The molecule has 2 bridgehead atoms. The van der Waals surface area contributed by atoms with E-state index in [-0.39, 0.29) is 0 Å². The van der Waals surface area contributed by atoms with E-state index in [1.165, 1.54) is 25.7 Å². The van der Waals surface area contributed by atoms with Crippen molar-refractivity contribution in [1.82, 2.24) is 15.2 Å². The van der Waals surface area contributed by atoms with Gasteiger partial charge in [-0.25, -0.2) is 4.98 Å². The molecule has 0 aromatic carbocycles.